The zero-order valence-corrected chi connectivity index (χ0v) is 12.8. The lowest BCUT2D eigenvalue weighted by Crippen LogP contribution is -2.26. The fraction of sp³-hybridized carbons (Fsp3) is 0.571. The van der Waals surface area contributed by atoms with Gasteiger partial charge in [-0.1, -0.05) is 11.6 Å². The maximum Gasteiger partial charge on any atom is 0.337 e. The molecule has 1 atom stereocenters. The van der Waals surface area contributed by atoms with Crippen LogP contribution >= 0.6 is 11.6 Å². The molecule has 2 rings (SSSR count). The SMILES string of the molecule is COCCN1CCC(CNc2ncc(C(=O)O)cc2Cl)C1. The number of carbonyl (C=O) groups is 1. The summed E-state index contributed by atoms with van der Waals surface area (Å²) in [6.45, 7) is 4.60. The minimum Gasteiger partial charge on any atom is -0.478 e. The fourth-order valence-corrected chi connectivity index (χ4v) is 2.66. The lowest BCUT2D eigenvalue weighted by Gasteiger charge is -2.16. The summed E-state index contributed by atoms with van der Waals surface area (Å²) >= 11 is 6.04. The van der Waals surface area contributed by atoms with E-state index in [4.69, 9.17) is 21.4 Å². The van der Waals surface area contributed by atoms with Gasteiger partial charge in [-0.3, -0.25) is 0 Å². The smallest absolute Gasteiger partial charge is 0.337 e. The monoisotopic (exact) mass is 313 g/mol. The highest BCUT2D eigenvalue weighted by Gasteiger charge is 2.22. The van der Waals surface area contributed by atoms with Gasteiger partial charge in [0.25, 0.3) is 0 Å². The number of ether oxygens (including phenoxy) is 1. The summed E-state index contributed by atoms with van der Waals surface area (Å²) in [5.74, 6) is 0.0522. The Balaban J connectivity index is 1.82. The van der Waals surface area contributed by atoms with E-state index >= 15 is 0 Å². The first-order valence-corrected chi connectivity index (χ1v) is 7.32. The Kier molecular flexibility index (Phi) is 5.78. The Morgan fingerprint density at radius 1 is 1.67 bits per heavy atom. The van der Waals surface area contributed by atoms with E-state index < -0.39 is 5.97 Å². The Morgan fingerprint density at radius 3 is 3.14 bits per heavy atom. The molecule has 0 saturated carbocycles. The maximum atomic E-state index is 10.8. The maximum absolute atomic E-state index is 10.8. The number of carboxylic acids is 1. The van der Waals surface area contributed by atoms with Crippen molar-refractivity contribution in [2.45, 2.75) is 6.42 Å². The number of nitrogens with one attached hydrogen (secondary N) is 1. The van der Waals surface area contributed by atoms with E-state index in [2.05, 4.69) is 15.2 Å². The first kappa shape index (κ1) is 16.0. The van der Waals surface area contributed by atoms with Gasteiger partial charge in [0, 0.05) is 32.9 Å². The number of halogens is 1. The normalized spacial score (nSPS) is 18.9. The minimum atomic E-state index is -1.03. The lowest BCUT2D eigenvalue weighted by atomic mass is 10.1. The number of rotatable bonds is 7. The van der Waals surface area contributed by atoms with Crippen LogP contribution in [0, 0.1) is 5.92 Å². The first-order chi connectivity index (χ1) is 10.1. The van der Waals surface area contributed by atoms with Crippen LogP contribution in [0.3, 0.4) is 0 Å². The van der Waals surface area contributed by atoms with Gasteiger partial charge in [0.1, 0.15) is 5.82 Å². The van der Waals surface area contributed by atoms with Crippen LogP contribution in [0.15, 0.2) is 12.3 Å². The number of carboxylic acid groups (broad SMARTS) is 1. The molecule has 1 fully saturated rings. The number of pyridine rings is 1. The van der Waals surface area contributed by atoms with Crippen molar-refractivity contribution in [3.8, 4) is 0 Å². The van der Waals surface area contributed by atoms with Gasteiger partial charge in [-0.25, -0.2) is 9.78 Å². The lowest BCUT2D eigenvalue weighted by molar-refractivity contribution is 0.0696. The third kappa shape index (κ3) is 4.56. The van der Waals surface area contributed by atoms with E-state index in [0.717, 1.165) is 39.2 Å². The van der Waals surface area contributed by atoms with E-state index in [1.807, 2.05) is 0 Å². The summed E-state index contributed by atoms with van der Waals surface area (Å²) in [6.07, 6.45) is 2.44. The van der Waals surface area contributed by atoms with E-state index in [0.29, 0.717) is 16.8 Å². The topological polar surface area (TPSA) is 74.7 Å². The molecule has 6 nitrogen and oxygen atoms in total. The van der Waals surface area contributed by atoms with Crippen LogP contribution in [-0.2, 0) is 4.74 Å². The molecule has 7 heteroatoms. The highest BCUT2D eigenvalue weighted by atomic mass is 35.5. The van der Waals surface area contributed by atoms with Crippen molar-refractivity contribution in [2.24, 2.45) is 5.92 Å². The standard InChI is InChI=1S/C14H20ClN3O3/c1-21-5-4-18-3-2-10(9-18)7-16-13-12(15)6-11(8-17-13)14(19)20/h6,8,10H,2-5,7,9H2,1H3,(H,16,17)(H,19,20). The van der Waals surface area contributed by atoms with Gasteiger partial charge in [-0.05, 0) is 24.9 Å². The predicted molar refractivity (Wildman–Crippen MR) is 81.1 cm³/mol. The number of anilines is 1. The summed E-state index contributed by atoms with van der Waals surface area (Å²) < 4.78 is 5.08. The molecule has 1 aliphatic rings. The molecule has 1 aromatic rings. The van der Waals surface area contributed by atoms with Crippen molar-refractivity contribution in [1.29, 1.82) is 0 Å². The molecular formula is C14H20ClN3O3. The second kappa shape index (κ2) is 7.59. The molecular weight excluding hydrogens is 294 g/mol. The molecule has 116 valence electrons. The van der Waals surface area contributed by atoms with Gasteiger partial charge >= 0.3 is 5.97 Å². The van der Waals surface area contributed by atoms with Gasteiger partial charge in [0.05, 0.1) is 17.2 Å². The van der Waals surface area contributed by atoms with Crippen LogP contribution in [0.4, 0.5) is 5.82 Å². The van der Waals surface area contributed by atoms with Crippen LogP contribution in [0.1, 0.15) is 16.8 Å². The predicted octanol–water partition coefficient (Wildman–Crippen LogP) is 1.81. The number of aromatic nitrogens is 1. The molecule has 1 aliphatic heterocycles. The number of likely N-dealkylation sites (tertiary alicyclic amines) is 1. The molecule has 0 aliphatic carbocycles. The summed E-state index contributed by atoms with van der Waals surface area (Å²) in [5.41, 5.74) is 0.0946. The van der Waals surface area contributed by atoms with Crippen molar-refractivity contribution in [1.82, 2.24) is 9.88 Å². The van der Waals surface area contributed by atoms with Gasteiger partial charge in [0.15, 0.2) is 0 Å². The Hall–Kier alpha value is -1.37. The third-order valence-corrected chi connectivity index (χ3v) is 3.92. The fourth-order valence-electron chi connectivity index (χ4n) is 2.43. The molecule has 1 unspecified atom stereocenters. The molecule has 0 spiro atoms. The van der Waals surface area contributed by atoms with Crippen LogP contribution in [0.5, 0.6) is 0 Å². The number of hydrogen-bond acceptors (Lipinski definition) is 5. The average molecular weight is 314 g/mol. The second-order valence-electron chi connectivity index (χ2n) is 5.19. The van der Waals surface area contributed by atoms with E-state index in [1.54, 1.807) is 7.11 Å². The van der Waals surface area contributed by atoms with Crippen LogP contribution in [-0.4, -0.2) is 60.9 Å². The van der Waals surface area contributed by atoms with Crippen LogP contribution in [0.2, 0.25) is 5.02 Å². The van der Waals surface area contributed by atoms with Crippen molar-refractivity contribution in [2.75, 3.05) is 45.2 Å². The first-order valence-electron chi connectivity index (χ1n) is 6.94. The van der Waals surface area contributed by atoms with Crippen LogP contribution in [0.25, 0.3) is 0 Å². The number of methoxy groups -OCH3 is 1. The Labute approximate surface area is 129 Å². The highest BCUT2D eigenvalue weighted by molar-refractivity contribution is 6.33. The quantitative estimate of drug-likeness (QED) is 0.800. The molecule has 21 heavy (non-hydrogen) atoms. The highest BCUT2D eigenvalue weighted by Crippen LogP contribution is 2.22. The van der Waals surface area contributed by atoms with Crippen molar-refractivity contribution >= 4 is 23.4 Å². The van der Waals surface area contributed by atoms with E-state index in [9.17, 15) is 4.79 Å². The third-order valence-electron chi connectivity index (χ3n) is 3.63. The zero-order valence-electron chi connectivity index (χ0n) is 12.0. The Bertz CT molecular complexity index is 498. The van der Waals surface area contributed by atoms with Gasteiger partial charge in [-0.15, -0.1) is 0 Å². The molecule has 1 saturated heterocycles. The van der Waals surface area contributed by atoms with Gasteiger partial charge < -0.3 is 20.1 Å². The number of aromatic carboxylic acids is 1. The van der Waals surface area contributed by atoms with Gasteiger partial charge in [-0.2, -0.15) is 0 Å². The molecule has 0 bridgehead atoms. The zero-order chi connectivity index (χ0) is 15.2. The molecule has 1 aromatic heterocycles. The van der Waals surface area contributed by atoms with Crippen molar-refractivity contribution in [3.05, 3.63) is 22.8 Å². The average Bonchev–Trinajstić information content (AvgIpc) is 2.91. The molecule has 0 radical (unpaired) electrons. The largest absolute Gasteiger partial charge is 0.478 e. The number of hydrogen-bond donors (Lipinski definition) is 2. The Morgan fingerprint density at radius 2 is 2.48 bits per heavy atom. The van der Waals surface area contributed by atoms with E-state index in [1.165, 1.54) is 12.3 Å². The molecule has 2 N–H and O–H groups in total. The molecule has 2 heterocycles. The van der Waals surface area contributed by atoms with Crippen molar-refractivity contribution < 1.29 is 14.6 Å². The summed E-state index contributed by atoms with van der Waals surface area (Å²) in [6, 6.07) is 1.42. The summed E-state index contributed by atoms with van der Waals surface area (Å²) in [7, 11) is 1.71. The second-order valence-corrected chi connectivity index (χ2v) is 5.60. The minimum absolute atomic E-state index is 0.0946. The van der Waals surface area contributed by atoms with Gasteiger partial charge in [0.2, 0.25) is 0 Å². The van der Waals surface area contributed by atoms with E-state index in [-0.39, 0.29) is 5.56 Å². The summed E-state index contributed by atoms with van der Waals surface area (Å²) in [5, 5.41) is 12.4. The van der Waals surface area contributed by atoms with Crippen LogP contribution < -0.4 is 5.32 Å². The molecule has 0 aromatic carbocycles. The molecule has 0 amide bonds. The number of nitrogens with zero attached hydrogens (tertiary/aromatic N) is 2. The van der Waals surface area contributed by atoms with Crippen molar-refractivity contribution in [3.63, 3.8) is 0 Å². The summed E-state index contributed by atoms with van der Waals surface area (Å²) in [4.78, 5) is 17.3.